The maximum Gasteiger partial charge on any atom is -0.147 e. The van der Waals surface area contributed by atoms with Gasteiger partial charge in [0, 0.05) is 0 Å². The minimum Gasteiger partial charge on any atom is -0.147 e. The number of hydrogen-bond acceptors (Lipinski definition) is 1. The molecule has 0 bridgehead atoms. The number of thioether (sulfide) groups is 1. The molecule has 2 atom stereocenters. The van der Waals surface area contributed by atoms with E-state index in [1.54, 1.807) is 13.8 Å². The molecule has 5 heteroatoms. The number of allylic oxidation sites excluding steroid dienone is 5. The van der Waals surface area contributed by atoms with Crippen molar-refractivity contribution in [2.75, 3.05) is 0 Å². The van der Waals surface area contributed by atoms with Gasteiger partial charge in [0.05, 0.1) is 0 Å². The number of hydrogen-bond donors (Lipinski definition) is 0. The summed E-state index contributed by atoms with van der Waals surface area (Å²) in [6, 6.07) is 52.4. The Balaban J connectivity index is 0.00000235. The van der Waals surface area contributed by atoms with Gasteiger partial charge in [-0.15, -0.1) is 24.8 Å². The van der Waals surface area contributed by atoms with Crippen molar-refractivity contribution in [2.45, 2.75) is 45.8 Å². The van der Waals surface area contributed by atoms with E-state index in [9.17, 15) is 0 Å². The summed E-state index contributed by atoms with van der Waals surface area (Å²) in [6.45, 7) is 12.2. The number of rotatable bonds is 6. The van der Waals surface area contributed by atoms with Crippen molar-refractivity contribution in [2.24, 2.45) is 5.92 Å². The predicted molar refractivity (Wildman–Crippen MR) is 261 cm³/mol. The van der Waals surface area contributed by atoms with Crippen molar-refractivity contribution >= 4 is 87.4 Å². The molecule has 1 aliphatic heterocycles. The molecule has 1 heterocycles. The fourth-order valence-corrected chi connectivity index (χ4v) is 33.6. The summed E-state index contributed by atoms with van der Waals surface area (Å²) in [7, 11) is 0. The zero-order valence-electron chi connectivity index (χ0n) is 34.1. The fourth-order valence-electron chi connectivity index (χ4n) is 10.8. The van der Waals surface area contributed by atoms with Crippen molar-refractivity contribution in [3.8, 4) is 22.3 Å². The van der Waals surface area contributed by atoms with Crippen molar-refractivity contribution in [3.05, 3.63) is 187 Å². The van der Waals surface area contributed by atoms with Crippen LogP contribution in [0.5, 0.6) is 0 Å². The molecule has 3 aliphatic rings. The largest absolute Gasteiger partial charge is 0.147 e. The second kappa shape index (κ2) is 15.1. The number of fused-ring (bicyclic) bond motifs is 5. The third-order valence-corrected chi connectivity index (χ3v) is 31.0. The van der Waals surface area contributed by atoms with Crippen molar-refractivity contribution in [1.82, 2.24) is 0 Å². The van der Waals surface area contributed by atoms with Crippen LogP contribution < -0.4 is 0 Å². The van der Waals surface area contributed by atoms with Crippen LogP contribution in [0.1, 0.15) is 48.0 Å². The first-order valence-electron chi connectivity index (χ1n) is 20.2. The molecule has 0 spiro atoms. The molecule has 2 aliphatic carbocycles. The molecule has 0 N–H and O–H groups in total. The summed E-state index contributed by atoms with van der Waals surface area (Å²) < 4.78 is 7.69. The molecule has 10 rings (SSSR count). The molecule has 2 unspecified atom stereocenters. The van der Waals surface area contributed by atoms with E-state index >= 15 is 0 Å². The molecule has 290 valence electrons. The van der Waals surface area contributed by atoms with Crippen LogP contribution >= 0.6 is 36.6 Å². The van der Waals surface area contributed by atoms with Gasteiger partial charge in [0.15, 0.2) is 0 Å². The second-order valence-electron chi connectivity index (χ2n) is 17.8. The Kier molecular flexibility index (Phi) is 10.7. The molecule has 0 amide bonds. The first-order chi connectivity index (χ1) is 27.0. The van der Waals surface area contributed by atoms with E-state index in [0.717, 1.165) is 0 Å². The van der Waals surface area contributed by atoms with Crippen LogP contribution in [0.15, 0.2) is 171 Å². The van der Waals surface area contributed by atoms with E-state index in [-0.39, 0.29) is 24.8 Å². The van der Waals surface area contributed by atoms with Gasteiger partial charge in [-0.3, -0.25) is 0 Å². The molecular formula is C53H50Cl2SSiZr. The molecule has 58 heavy (non-hydrogen) atoms. The average Bonchev–Trinajstić information content (AvgIpc) is 3.85. The van der Waals surface area contributed by atoms with Crippen LogP contribution in [0.2, 0.25) is 9.26 Å². The van der Waals surface area contributed by atoms with Crippen molar-refractivity contribution in [3.63, 3.8) is 0 Å². The normalized spacial score (nSPS) is 17.7. The molecule has 0 fully saturated rings. The van der Waals surface area contributed by atoms with Crippen LogP contribution in [-0.2, 0) is 17.4 Å². The molecular weight excluding hydrogens is 859 g/mol. The minimum absolute atomic E-state index is 0. The zero-order valence-corrected chi connectivity index (χ0v) is 40.4. The van der Waals surface area contributed by atoms with Crippen LogP contribution in [0.4, 0.5) is 0 Å². The summed E-state index contributed by atoms with van der Waals surface area (Å²) in [6.07, 6.45) is 5.22. The van der Waals surface area contributed by atoms with Gasteiger partial charge in [-0.2, -0.15) is 0 Å². The smallest absolute Gasteiger partial charge is 0.147 e. The van der Waals surface area contributed by atoms with Gasteiger partial charge >= 0.3 is 341 Å². The standard InChI is InChI=1S/C30H21.C21H19S.2CH3.2ClH.H2Si.Zr/c1-20-16-23-18-24(27-14-6-10-21-8-2-4-12-25(21)27)19-30(29(23)17-20)28-15-7-11-22-9-3-5-13-26(22)28;1-13(2)16-11-19-20(12-16)22-14(3)21(19)18-10-6-8-15-7-4-5-9-17(15)18;;;;;;/h2-19H,1H3;4-11,13-14H,1-3H3;2*1H3;2*1H;1H2;. The maximum absolute atomic E-state index is 4.00. The molecule has 0 saturated heterocycles. The molecule has 7 aromatic carbocycles. The molecule has 0 aromatic heterocycles. The van der Waals surface area contributed by atoms with Gasteiger partial charge < -0.3 is 0 Å². The van der Waals surface area contributed by atoms with Crippen LogP contribution in [0, 0.1) is 5.92 Å². The number of halogens is 2. The summed E-state index contributed by atoms with van der Waals surface area (Å²) >= 11 is -1.86. The Bertz CT molecular complexity index is 3030. The monoisotopic (exact) mass is 906 g/mol. The second-order valence-corrected chi connectivity index (χ2v) is 48.5. The van der Waals surface area contributed by atoms with E-state index in [2.05, 4.69) is 207 Å². The molecule has 0 radical (unpaired) electrons. The fraction of sp³-hybridized carbons (Fsp3) is 0.170. The Labute approximate surface area is 362 Å². The third-order valence-electron chi connectivity index (χ3n) is 13.0. The first-order valence-corrected chi connectivity index (χ1v) is 34.6. The van der Waals surface area contributed by atoms with Crippen molar-refractivity contribution < 1.29 is 17.4 Å². The SMILES string of the molecule is CC1=Cc2c(-c3cccc4ccccc34)cc(-c3cccc4ccccc34)cc2[CH]1[Zr]([CH3])([CH3])(=[SiH2])[C]1=C2SC(C)C(c3cccc4ccccc34)=C2C=C1C(C)C.Cl.Cl. The van der Waals surface area contributed by atoms with Gasteiger partial charge in [0.25, 0.3) is 0 Å². The average molecular weight is 909 g/mol. The number of benzene rings is 7. The summed E-state index contributed by atoms with van der Waals surface area (Å²) in [5.41, 5.74) is 15.8. The summed E-state index contributed by atoms with van der Waals surface area (Å²) in [5, 5.41) is 8.27. The third kappa shape index (κ3) is 6.35. The van der Waals surface area contributed by atoms with Gasteiger partial charge in [-0.05, 0) is 0 Å². The first kappa shape index (κ1) is 41.1. The quantitative estimate of drug-likeness (QED) is 0.150. The van der Waals surface area contributed by atoms with Crippen molar-refractivity contribution in [1.29, 1.82) is 0 Å². The van der Waals surface area contributed by atoms with E-state index in [4.69, 9.17) is 0 Å². The molecule has 0 saturated carbocycles. The van der Waals surface area contributed by atoms with Crippen LogP contribution in [0.3, 0.4) is 0 Å². The van der Waals surface area contributed by atoms with Gasteiger partial charge in [0.2, 0.25) is 0 Å². The topological polar surface area (TPSA) is 0 Å². The van der Waals surface area contributed by atoms with E-state index in [0.29, 0.717) is 14.8 Å². The predicted octanol–water partition coefficient (Wildman–Crippen LogP) is 15.5. The van der Waals surface area contributed by atoms with Gasteiger partial charge in [0.1, 0.15) is 0 Å². The summed E-state index contributed by atoms with van der Waals surface area (Å²) in [4.78, 5) is 1.58. The Morgan fingerprint density at radius 2 is 1.10 bits per heavy atom. The Hall–Kier alpha value is -3.69. The minimum atomic E-state index is -4.00. The molecule has 0 nitrogen and oxygen atoms in total. The maximum atomic E-state index is 2.78. The molecule has 7 aromatic rings. The van der Waals surface area contributed by atoms with Gasteiger partial charge in [-0.1, -0.05) is 0 Å². The van der Waals surface area contributed by atoms with Crippen LogP contribution in [-0.4, -0.2) is 12.1 Å². The van der Waals surface area contributed by atoms with Crippen LogP contribution in [0.25, 0.3) is 66.2 Å². The van der Waals surface area contributed by atoms with E-state index < -0.39 is 17.4 Å². The van der Waals surface area contributed by atoms with Gasteiger partial charge in [-0.25, -0.2) is 0 Å². The van der Waals surface area contributed by atoms with E-state index in [1.807, 2.05) is 0 Å². The Morgan fingerprint density at radius 3 is 1.69 bits per heavy atom. The van der Waals surface area contributed by atoms with E-state index in [1.165, 1.54) is 88.0 Å². The Morgan fingerprint density at radius 1 is 0.603 bits per heavy atom. The zero-order chi connectivity index (χ0) is 38.5. The summed E-state index contributed by atoms with van der Waals surface area (Å²) in [5.74, 6) is 0.441.